The Morgan fingerprint density at radius 1 is 0.528 bits per heavy atom. The van der Waals surface area contributed by atoms with E-state index in [1.807, 2.05) is 0 Å². The first kappa shape index (κ1) is 22.1. The molecule has 0 amide bonds. The predicted octanol–water partition coefficient (Wildman–Crippen LogP) is 9.27. The molecular weight excluding hydrogens is 434 g/mol. The summed E-state index contributed by atoms with van der Waals surface area (Å²) in [6.45, 7) is 4.27. The maximum absolute atomic E-state index is 2.38. The molecule has 0 aromatic heterocycles. The first-order valence-electron chi connectivity index (χ1n) is 12.6. The topological polar surface area (TPSA) is 3.24 Å². The van der Waals surface area contributed by atoms with Gasteiger partial charge in [-0.05, 0) is 90.1 Å². The molecule has 1 heteroatoms. The van der Waals surface area contributed by atoms with Crippen molar-refractivity contribution in [2.75, 3.05) is 4.90 Å². The van der Waals surface area contributed by atoms with Crippen LogP contribution in [0.25, 0.3) is 11.6 Å². The van der Waals surface area contributed by atoms with E-state index < -0.39 is 0 Å². The van der Waals surface area contributed by atoms with Crippen LogP contribution in [-0.2, 0) is 6.42 Å². The second-order valence-corrected chi connectivity index (χ2v) is 9.61. The number of nitrogens with zero attached hydrogens (tertiary/aromatic N) is 1. The van der Waals surface area contributed by atoms with Gasteiger partial charge in [0.2, 0.25) is 0 Å². The molecular formula is C35H29N. The zero-order valence-corrected chi connectivity index (χ0v) is 20.8. The number of rotatable bonds is 4. The molecule has 0 aliphatic heterocycles. The van der Waals surface area contributed by atoms with Crippen LogP contribution in [0.3, 0.4) is 0 Å². The second-order valence-electron chi connectivity index (χ2n) is 9.61. The van der Waals surface area contributed by atoms with Gasteiger partial charge in [-0.1, -0.05) is 102 Å². The van der Waals surface area contributed by atoms with Crippen molar-refractivity contribution in [2.24, 2.45) is 0 Å². The van der Waals surface area contributed by atoms with Crippen LogP contribution < -0.4 is 4.90 Å². The SMILES string of the molecule is Cc1ccc(N(c2ccc(C)cc2)c2ccccc2C=C2c3ccccc3Cc3ccccc32)cc1. The largest absolute Gasteiger partial charge is 0.310 e. The molecule has 0 saturated heterocycles. The number of anilines is 3. The summed E-state index contributed by atoms with van der Waals surface area (Å²) in [5.74, 6) is 0. The fourth-order valence-corrected chi connectivity index (χ4v) is 5.16. The van der Waals surface area contributed by atoms with Crippen molar-refractivity contribution in [1.82, 2.24) is 0 Å². The fraction of sp³-hybridized carbons (Fsp3) is 0.0857. The summed E-state index contributed by atoms with van der Waals surface area (Å²) in [6.07, 6.45) is 3.35. The minimum atomic E-state index is 0.976. The highest BCUT2D eigenvalue weighted by Gasteiger charge is 2.21. The first-order valence-corrected chi connectivity index (χ1v) is 12.6. The summed E-state index contributed by atoms with van der Waals surface area (Å²) < 4.78 is 0. The minimum absolute atomic E-state index is 0.976. The van der Waals surface area contributed by atoms with Crippen LogP contribution >= 0.6 is 0 Å². The summed E-state index contributed by atoms with van der Waals surface area (Å²) in [7, 11) is 0. The Bertz CT molecular complexity index is 1460. The van der Waals surface area contributed by atoms with E-state index in [0.29, 0.717) is 0 Å². The molecule has 0 saturated carbocycles. The van der Waals surface area contributed by atoms with Crippen molar-refractivity contribution < 1.29 is 0 Å². The number of hydrogen-bond donors (Lipinski definition) is 0. The van der Waals surface area contributed by atoms with Gasteiger partial charge in [-0.25, -0.2) is 0 Å². The normalized spacial score (nSPS) is 12.0. The number of fused-ring (bicyclic) bond motifs is 2. The molecule has 1 aliphatic carbocycles. The van der Waals surface area contributed by atoms with Crippen molar-refractivity contribution in [3.63, 3.8) is 0 Å². The molecule has 0 heterocycles. The molecule has 0 unspecified atom stereocenters. The van der Waals surface area contributed by atoms with E-state index in [2.05, 4.69) is 146 Å². The van der Waals surface area contributed by atoms with Gasteiger partial charge >= 0.3 is 0 Å². The highest BCUT2D eigenvalue weighted by atomic mass is 15.1. The third-order valence-electron chi connectivity index (χ3n) is 7.06. The number of benzene rings is 5. The molecule has 0 N–H and O–H groups in total. The quantitative estimate of drug-likeness (QED) is 0.252. The average Bonchev–Trinajstić information content (AvgIpc) is 2.91. The third kappa shape index (κ3) is 4.14. The summed E-state index contributed by atoms with van der Waals surface area (Å²) in [6, 6.07) is 44.0. The van der Waals surface area contributed by atoms with E-state index in [9.17, 15) is 0 Å². The van der Waals surface area contributed by atoms with Gasteiger partial charge in [-0.15, -0.1) is 0 Å². The Hall–Kier alpha value is -4.36. The lowest BCUT2D eigenvalue weighted by Crippen LogP contribution is -2.12. The number of para-hydroxylation sites is 1. The van der Waals surface area contributed by atoms with Gasteiger partial charge in [-0.3, -0.25) is 0 Å². The van der Waals surface area contributed by atoms with Gasteiger partial charge < -0.3 is 4.90 Å². The molecule has 5 aromatic carbocycles. The van der Waals surface area contributed by atoms with Crippen LogP contribution in [-0.4, -0.2) is 0 Å². The Balaban J connectivity index is 1.56. The second kappa shape index (κ2) is 9.36. The lowest BCUT2D eigenvalue weighted by molar-refractivity contribution is 1.14. The molecule has 0 spiro atoms. The van der Waals surface area contributed by atoms with Gasteiger partial charge in [0.05, 0.1) is 5.69 Å². The first-order chi connectivity index (χ1) is 17.7. The van der Waals surface area contributed by atoms with Gasteiger partial charge in [0.25, 0.3) is 0 Å². The maximum Gasteiger partial charge on any atom is 0.0534 e. The zero-order valence-electron chi connectivity index (χ0n) is 20.8. The molecule has 1 nitrogen and oxygen atoms in total. The van der Waals surface area contributed by atoms with E-state index in [-0.39, 0.29) is 0 Å². The monoisotopic (exact) mass is 463 g/mol. The van der Waals surface area contributed by atoms with E-state index in [0.717, 1.165) is 17.8 Å². The number of hydrogen-bond acceptors (Lipinski definition) is 1. The van der Waals surface area contributed by atoms with Gasteiger partial charge in [-0.2, -0.15) is 0 Å². The molecule has 0 fully saturated rings. The minimum Gasteiger partial charge on any atom is -0.310 e. The van der Waals surface area contributed by atoms with E-state index >= 15 is 0 Å². The van der Waals surface area contributed by atoms with Crippen LogP contribution in [0.15, 0.2) is 121 Å². The Kier molecular flexibility index (Phi) is 5.75. The van der Waals surface area contributed by atoms with Crippen LogP contribution in [0.2, 0.25) is 0 Å². The molecule has 36 heavy (non-hydrogen) atoms. The van der Waals surface area contributed by atoms with Crippen molar-refractivity contribution in [2.45, 2.75) is 20.3 Å². The van der Waals surface area contributed by atoms with Crippen LogP contribution in [0.5, 0.6) is 0 Å². The van der Waals surface area contributed by atoms with Crippen LogP contribution in [0.1, 0.15) is 38.9 Å². The summed E-state index contributed by atoms with van der Waals surface area (Å²) >= 11 is 0. The molecule has 6 rings (SSSR count). The summed E-state index contributed by atoms with van der Waals surface area (Å²) in [5.41, 5.74) is 13.9. The Labute approximate surface area is 214 Å². The standard InChI is InChI=1S/C35H29N/c1-25-15-19-30(20-16-25)36(31-21-17-26(2)18-22-31)35-14-8-5-11-29(35)24-34-32-12-6-3-9-27(32)23-28-10-4-7-13-33(28)34/h3-22,24H,23H2,1-2H3. The third-order valence-corrected chi connectivity index (χ3v) is 7.06. The van der Waals surface area contributed by atoms with Crippen LogP contribution in [0, 0.1) is 13.8 Å². The van der Waals surface area contributed by atoms with Gasteiger partial charge in [0.1, 0.15) is 0 Å². The van der Waals surface area contributed by atoms with Crippen molar-refractivity contribution >= 4 is 28.7 Å². The van der Waals surface area contributed by atoms with E-state index in [1.54, 1.807) is 0 Å². The highest BCUT2D eigenvalue weighted by molar-refractivity contribution is 5.98. The van der Waals surface area contributed by atoms with Crippen molar-refractivity contribution in [3.05, 3.63) is 160 Å². The van der Waals surface area contributed by atoms with Gasteiger partial charge in [0.15, 0.2) is 0 Å². The Morgan fingerprint density at radius 3 is 1.56 bits per heavy atom. The summed E-state index contributed by atoms with van der Waals surface area (Å²) in [5, 5.41) is 0. The van der Waals surface area contributed by atoms with Crippen LogP contribution in [0.4, 0.5) is 17.1 Å². The Morgan fingerprint density at radius 2 is 1.00 bits per heavy atom. The molecule has 174 valence electrons. The van der Waals surface area contributed by atoms with Crippen molar-refractivity contribution in [1.29, 1.82) is 0 Å². The molecule has 0 radical (unpaired) electrons. The molecule has 0 atom stereocenters. The molecule has 1 aliphatic rings. The fourth-order valence-electron chi connectivity index (χ4n) is 5.16. The van der Waals surface area contributed by atoms with Crippen molar-refractivity contribution in [3.8, 4) is 0 Å². The summed E-state index contributed by atoms with van der Waals surface area (Å²) in [4.78, 5) is 2.37. The highest BCUT2D eigenvalue weighted by Crippen LogP contribution is 2.41. The lowest BCUT2D eigenvalue weighted by atomic mass is 9.81. The molecule has 0 bridgehead atoms. The smallest absolute Gasteiger partial charge is 0.0534 e. The van der Waals surface area contributed by atoms with E-state index in [1.165, 1.54) is 50.2 Å². The lowest BCUT2D eigenvalue weighted by Gasteiger charge is -2.28. The maximum atomic E-state index is 2.38. The van der Waals surface area contributed by atoms with Gasteiger partial charge in [0, 0.05) is 11.4 Å². The predicted molar refractivity (Wildman–Crippen MR) is 153 cm³/mol. The number of aryl methyl sites for hydroxylation is 2. The average molecular weight is 464 g/mol. The van der Waals surface area contributed by atoms with E-state index in [4.69, 9.17) is 0 Å². The zero-order chi connectivity index (χ0) is 24.5. The molecule has 5 aromatic rings.